The molecule has 1 aromatic carbocycles. The highest BCUT2D eigenvalue weighted by Crippen LogP contribution is 2.22. The number of sulfone groups is 1. The molecule has 0 fully saturated rings. The number of carbonyl (C=O) groups excluding carboxylic acids is 1. The van der Waals surface area contributed by atoms with Crippen molar-refractivity contribution < 1.29 is 17.9 Å². The second kappa shape index (κ2) is 7.39. The molecule has 0 aliphatic carbocycles. The lowest BCUT2D eigenvalue weighted by Gasteiger charge is -2.12. The van der Waals surface area contributed by atoms with Gasteiger partial charge in [0.05, 0.1) is 21.7 Å². The number of aromatic nitrogens is 1. The lowest BCUT2D eigenvalue weighted by molar-refractivity contribution is -0.125. The van der Waals surface area contributed by atoms with Gasteiger partial charge in [0.25, 0.3) is 5.91 Å². The molecule has 2 rings (SSSR count). The third kappa shape index (κ3) is 4.77. The van der Waals surface area contributed by atoms with Crippen LogP contribution in [0.4, 0.5) is 0 Å². The summed E-state index contributed by atoms with van der Waals surface area (Å²) in [4.78, 5) is 17.4. The van der Waals surface area contributed by atoms with E-state index in [1.807, 2.05) is 32.3 Å². The van der Waals surface area contributed by atoms with Gasteiger partial charge in [0.2, 0.25) is 0 Å². The molecule has 0 saturated heterocycles. The molecular formula is C17H24N2O4S2. The molecule has 0 atom stereocenters. The van der Waals surface area contributed by atoms with Crippen LogP contribution in [0, 0.1) is 5.41 Å². The number of amides is 1. The fourth-order valence-electron chi connectivity index (χ4n) is 2.14. The Morgan fingerprint density at radius 3 is 2.56 bits per heavy atom. The third-order valence-electron chi connectivity index (χ3n) is 3.58. The Balaban J connectivity index is 2.63. The van der Waals surface area contributed by atoms with Crippen molar-refractivity contribution in [2.45, 2.75) is 39.1 Å². The molecule has 0 radical (unpaired) electrons. The van der Waals surface area contributed by atoms with Crippen molar-refractivity contribution in [3.63, 3.8) is 0 Å². The average molecular weight is 385 g/mol. The van der Waals surface area contributed by atoms with E-state index in [-0.39, 0.29) is 10.8 Å². The van der Waals surface area contributed by atoms with Crippen molar-refractivity contribution >= 4 is 37.3 Å². The quantitative estimate of drug-likeness (QED) is 0.743. The van der Waals surface area contributed by atoms with E-state index in [9.17, 15) is 13.2 Å². The SMILES string of the molecule is CCOCCn1c(=NC(=O)C(C)(C)C)sc2cc(S(C)(=O)=O)ccc21. The highest BCUT2D eigenvalue weighted by Gasteiger charge is 2.21. The molecule has 25 heavy (non-hydrogen) atoms. The van der Waals surface area contributed by atoms with Gasteiger partial charge in [0, 0.05) is 24.8 Å². The van der Waals surface area contributed by atoms with Crippen molar-refractivity contribution in [1.29, 1.82) is 0 Å². The minimum Gasteiger partial charge on any atom is -0.380 e. The van der Waals surface area contributed by atoms with Gasteiger partial charge >= 0.3 is 0 Å². The minimum absolute atomic E-state index is 0.215. The Kier molecular flexibility index (Phi) is 5.86. The molecule has 0 aliphatic rings. The smallest absolute Gasteiger partial charge is 0.253 e. The van der Waals surface area contributed by atoms with E-state index in [0.29, 0.717) is 24.6 Å². The predicted molar refractivity (Wildman–Crippen MR) is 99.4 cm³/mol. The number of benzene rings is 1. The van der Waals surface area contributed by atoms with Gasteiger partial charge in [-0.1, -0.05) is 32.1 Å². The molecule has 1 amide bonds. The van der Waals surface area contributed by atoms with Gasteiger partial charge in [-0.2, -0.15) is 4.99 Å². The molecule has 0 spiro atoms. The monoisotopic (exact) mass is 384 g/mol. The highest BCUT2D eigenvalue weighted by molar-refractivity contribution is 7.90. The molecule has 6 nitrogen and oxygen atoms in total. The van der Waals surface area contributed by atoms with E-state index in [1.165, 1.54) is 17.6 Å². The van der Waals surface area contributed by atoms with Crippen LogP contribution in [0.15, 0.2) is 28.1 Å². The Bertz CT molecular complexity index is 947. The maximum atomic E-state index is 12.3. The van der Waals surface area contributed by atoms with Gasteiger partial charge in [0.15, 0.2) is 14.6 Å². The summed E-state index contributed by atoms with van der Waals surface area (Å²) >= 11 is 1.31. The molecule has 1 aromatic heterocycles. The molecule has 0 unspecified atom stereocenters. The van der Waals surface area contributed by atoms with E-state index in [0.717, 1.165) is 10.2 Å². The van der Waals surface area contributed by atoms with Crippen LogP contribution < -0.4 is 4.80 Å². The fourth-order valence-corrected chi connectivity index (χ4v) is 3.96. The normalized spacial score (nSPS) is 13.6. The van der Waals surface area contributed by atoms with Gasteiger partial charge < -0.3 is 9.30 Å². The zero-order valence-corrected chi connectivity index (χ0v) is 16.8. The van der Waals surface area contributed by atoms with Crippen LogP contribution >= 0.6 is 11.3 Å². The molecule has 1 heterocycles. The van der Waals surface area contributed by atoms with E-state index >= 15 is 0 Å². The van der Waals surface area contributed by atoms with E-state index in [1.54, 1.807) is 18.2 Å². The van der Waals surface area contributed by atoms with Crippen molar-refractivity contribution in [3.8, 4) is 0 Å². The van der Waals surface area contributed by atoms with Crippen LogP contribution in [0.25, 0.3) is 10.2 Å². The summed E-state index contributed by atoms with van der Waals surface area (Å²) in [5.74, 6) is -0.215. The topological polar surface area (TPSA) is 77.7 Å². The number of thiazole rings is 1. The second-order valence-electron chi connectivity index (χ2n) is 6.80. The summed E-state index contributed by atoms with van der Waals surface area (Å²) in [6.07, 6.45) is 1.18. The van der Waals surface area contributed by atoms with Gasteiger partial charge in [-0.25, -0.2) is 8.42 Å². The number of ether oxygens (including phenoxy) is 1. The first kappa shape index (κ1) is 19.8. The summed E-state index contributed by atoms with van der Waals surface area (Å²) in [6, 6.07) is 4.97. The highest BCUT2D eigenvalue weighted by atomic mass is 32.2. The third-order valence-corrected chi connectivity index (χ3v) is 5.74. The Hall–Kier alpha value is -1.51. The standard InChI is InChI=1S/C17H24N2O4S2/c1-6-23-10-9-19-13-8-7-12(25(5,21)22)11-14(13)24-16(19)18-15(20)17(2,3)4/h7-8,11H,6,9-10H2,1-5H3. The van der Waals surface area contributed by atoms with Crippen LogP contribution in [0.2, 0.25) is 0 Å². The summed E-state index contributed by atoms with van der Waals surface area (Å²) in [6.45, 7) is 9.02. The lowest BCUT2D eigenvalue weighted by atomic mass is 9.96. The lowest BCUT2D eigenvalue weighted by Crippen LogP contribution is -2.24. The van der Waals surface area contributed by atoms with Gasteiger partial charge in [-0.3, -0.25) is 4.79 Å². The summed E-state index contributed by atoms with van der Waals surface area (Å²) in [5.41, 5.74) is 0.267. The van der Waals surface area contributed by atoms with Crippen molar-refractivity contribution in [2.24, 2.45) is 10.4 Å². The first-order chi connectivity index (χ1) is 11.5. The Morgan fingerprint density at radius 1 is 1.32 bits per heavy atom. The molecular weight excluding hydrogens is 360 g/mol. The van der Waals surface area contributed by atoms with Crippen LogP contribution in [-0.2, 0) is 25.9 Å². The zero-order valence-electron chi connectivity index (χ0n) is 15.2. The van der Waals surface area contributed by atoms with Crippen LogP contribution in [0.3, 0.4) is 0 Å². The Labute approximate surface area is 152 Å². The number of nitrogens with zero attached hydrogens (tertiary/aromatic N) is 2. The average Bonchev–Trinajstić information content (AvgIpc) is 2.82. The molecule has 8 heteroatoms. The Morgan fingerprint density at radius 2 is 2.00 bits per heavy atom. The molecule has 0 N–H and O–H groups in total. The maximum Gasteiger partial charge on any atom is 0.253 e. The number of hydrogen-bond acceptors (Lipinski definition) is 5. The van der Waals surface area contributed by atoms with E-state index in [2.05, 4.69) is 4.99 Å². The van der Waals surface area contributed by atoms with Crippen LogP contribution in [0.5, 0.6) is 0 Å². The first-order valence-electron chi connectivity index (χ1n) is 8.04. The van der Waals surface area contributed by atoms with Crippen molar-refractivity contribution in [1.82, 2.24) is 4.57 Å². The van der Waals surface area contributed by atoms with Gasteiger partial charge in [-0.15, -0.1) is 0 Å². The van der Waals surface area contributed by atoms with Crippen molar-refractivity contribution in [2.75, 3.05) is 19.5 Å². The van der Waals surface area contributed by atoms with Gasteiger partial charge in [-0.05, 0) is 25.1 Å². The molecule has 0 aliphatic heterocycles. The summed E-state index contributed by atoms with van der Waals surface area (Å²) in [7, 11) is -3.29. The van der Waals surface area contributed by atoms with Crippen LogP contribution in [-0.4, -0.2) is 38.4 Å². The molecule has 2 aromatic rings. The second-order valence-corrected chi connectivity index (χ2v) is 9.83. The summed E-state index contributed by atoms with van der Waals surface area (Å²) in [5, 5.41) is 0. The first-order valence-corrected chi connectivity index (χ1v) is 10.7. The number of hydrogen-bond donors (Lipinski definition) is 0. The number of fused-ring (bicyclic) bond motifs is 1. The van der Waals surface area contributed by atoms with Crippen LogP contribution in [0.1, 0.15) is 27.7 Å². The number of rotatable bonds is 5. The maximum absolute atomic E-state index is 12.3. The van der Waals surface area contributed by atoms with E-state index < -0.39 is 15.3 Å². The predicted octanol–water partition coefficient (Wildman–Crippen LogP) is 2.62. The molecule has 0 bridgehead atoms. The summed E-state index contributed by atoms with van der Waals surface area (Å²) < 4.78 is 31.7. The minimum atomic E-state index is -3.29. The zero-order chi connectivity index (χ0) is 18.8. The van der Waals surface area contributed by atoms with Crippen molar-refractivity contribution in [3.05, 3.63) is 23.0 Å². The molecule has 138 valence electrons. The number of carbonyl (C=O) groups is 1. The fraction of sp³-hybridized carbons (Fsp3) is 0.529. The molecule has 0 saturated carbocycles. The van der Waals surface area contributed by atoms with Gasteiger partial charge in [0.1, 0.15) is 0 Å². The van der Waals surface area contributed by atoms with E-state index in [4.69, 9.17) is 4.74 Å². The largest absolute Gasteiger partial charge is 0.380 e.